The van der Waals surface area contributed by atoms with Gasteiger partial charge in [-0.3, -0.25) is 0 Å². The number of carbonyl (C=O) groups excluding carboxylic acids is 1. The lowest BCUT2D eigenvalue weighted by atomic mass is 10.1. The van der Waals surface area contributed by atoms with Crippen LogP contribution in [0.25, 0.3) is 11.1 Å². The highest BCUT2D eigenvalue weighted by molar-refractivity contribution is 7.12. The highest BCUT2D eigenvalue weighted by Crippen LogP contribution is 2.40. The second-order valence-corrected chi connectivity index (χ2v) is 7.94. The second kappa shape index (κ2) is 11.0. The third-order valence-electron chi connectivity index (χ3n) is 4.51. The number of thiophene rings is 1. The van der Waals surface area contributed by atoms with Gasteiger partial charge in [-0.25, -0.2) is 4.79 Å². The van der Waals surface area contributed by atoms with Gasteiger partial charge in [-0.15, -0.1) is 11.3 Å². The number of hydrogen-bond donors (Lipinski definition) is 1. The third-order valence-corrected chi connectivity index (χ3v) is 5.67. The summed E-state index contributed by atoms with van der Waals surface area (Å²) < 4.78 is 50.0. The number of alkyl halides is 3. The van der Waals surface area contributed by atoms with E-state index in [2.05, 4.69) is 10.1 Å². The van der Waals surface area contributed by atoms with Gasteiger partial charge in [-0.1, -0.05) is 48.5 Å². The molecule has 0 bridgehead atoms. The predicted octanol–water partition coefficient (Wildman–Crippen LogP) is 5.83. The van der Waals surface area contributed by atoms with Crippen LogP contribution in [0.1, 0.15) is 15.3 Å². The zero-order valence-corrected chi connectivity index (χ0v) is 18.1. The molecule has 0 fully saturated rings. The van der Waals surface area contributed by atoms with Crippen LogP contribution in [-0.2, 0) is 28.9 Å². The Morgan fingerprint density at radius 1 is 1.09 bits per heavy atom. The summed E-state index contributed by atoms with van der Waals surface area (Å²) >= 11 is 0.704. The Morgan fingerprint density at radius 2 is 1.81 bits per heavy atom. The summed E-state index contributed by atoms with van der Waals surface area (Å²) in [6, 6.07) is 17.5. The molecule has 0 spiro atoms. The van der Waals surface area contributed by atoms with Gasteiger partial charge in [0.15, 0.2) is 0 Å². The van der Waals surface area contributed by atoms with Crippen LogP contribution < -0.4 is 10.1 Å². The van der Waals surface area contributed by atoms with Crippen molar-refractivity contribution in [2.24, 2.45) is 0 Å². The number of benzene rings is 2. The van der Waals surface area contributed by atoms with Crippen molar-refractivity contribution in [3.8, 4) is 16.9 Å². The van der Waals surface area contributed by atoms with Crippen LogP contribution in [0.2, 0.25) is 0 Å². The molecule has 0 aliphatic carbocycles. The largest absolute Gasteiger partial charge is 0.488 e. The number of esters is 1. The lowest BCUT2D eigenvalue weighted by Crippen LogP contribution is -2.13. The van der Waals surface area contributed by atoms with E-state index in [1.165, 1.54) is 19.3 Å². The molecule has 2 aromatic carbocycles. The van der Waals surface area contributed by atoms with E-state index >= 15 is 0 Å². The average molecular weight is 462 g/mol. The second-order valence-electron chi connectivity index (χ2n) is 6.80. The summed E-state index contributed by atoms with van der Waals surface area (Å²) in [6.45, 7) is 1.14. The lowest BCUT2D eigenvalue weighted by Gasteiger charge is -2.09. The monoisotopic (exact) mass is 461 g/mol. The van der Waals surface area contributed by atoms with Gasteiger partial charge in [0.25, 0.3) is 0 Å². The normalized spacial score (nSPS) is 11.6. The number of halogens is 3. The average Bonchev–Trinajstić information content (AvgIpc) is 3.23. The molecule has 0 radical (unpaired) electrons. The van der Waals surface area contributed by atoms with Crippen LogP contribution in [0.4, 0.5) is 13.2 Å². The molecular formula is C24H22F3NO3S. The summed E-state index contributed by atoms with van der Waals surface area (Å²) in [5.74, 6) is 0.164. The molecule has 0 saturated heterocycles. The van der Waals surface area contributed by atoms with Gasteiger partial charge in [-0.05, 0) is 34.9 Å². The van der Waals surface area contributed by atoms with E-state index in [0.717, 1.165) is 11.1 Å². The van der Waals surface area contributed by atoms with Crippen molar-refractivity contribution in [1.29, 1.82) is 0 Å². The fraction of sp³-hybridized carbons (Fsp3) is 0.208. The Kier molecular flexibility index (Phi) is 8.08. The van der Waals surface area contributed by atoms with E-state index < -0.39 is 17.0 Å². The number of rotatable bonds is 9. The topological polar surface area (TPSA) is 47.6 Å². The number of hydrogen-bond acceptors (Lipinski definition) is 5. The molecule has 0 aliphatic heterocycles. The van der Waals surface area contributed by atoms with Crippen LogP contribution in [-0.4, -0.2) is 19.6 Å². The maximum atomic E-state index is 13.2. The van der Waals surface area contributed by atoms with Crippen molar-refractivity contribution >= 4 is 17.3 Å². The molecular weight excluding hydrogens is 439 g/mol. The first kappa shape index (κ1) is 23.6. The number of ether oxygens (including phenoxy) is 2. The van der Waals surface area contributed by atoms with Gasteiger partial charge in [0, 0.05) is 19.2 Å². The minimum atomic E-state index is -4.40. The number of carbonyl (C=O) groups is 1. The predicted molar refractivity (Wildman–Crippen MR) is 118 cm³/mol. The van der Waals surface area contributed by atoms with E-state index in [0.29, 0.717) is 40.6 Å². The summed E-state index contributed by atoms with van der Waals surface area (Å²) in [7, 11) is 1.32. The van der Waals surface area contributed by atoms with Crippen LogP contribution >= 0.6 is 11.3 Å². The molecule has 1 heterocycles. The van der Waals surface area contributed by atoms with Crippen molar-refractivity contribution in [3.63, 3.8) is 0 Å². The molecule has 0 saturated carbocycles. The fourth-order valence-electron chi connectivity index (χ4n) is 2.91. The van der Waals surface area contributed by atoms with Crippen LogP contribution in [0.15, 0.2) is 72.8 Å². The summed E-state index contributed by atoms with van der Waals surface area (Å²) in [5, 5.41) is 3.16. The Balaban J connectivity index is 1.61. The SMILES string of the molecule is COC(=O)/C=C/CNCc1ccc(OCc2sc(C(F)(F)F)cc2-c2ccccc2)cc1. The standard InChI is InChI=1S/C24H22F3NO3S/c1-30-23(29)8-5-13-28-15-17-9-11-19(12-10-17)31-16-21-20(18-6-3-2-4-7-18)14-22(32-21)24(25,26)27/h2-12,14,28H,13,15-16H2,1H3/b8-5+. The van der Waals surface area contributed by atoms with Gasteiger partial charge in [0.05, 0.1) is 12.0 Å². The van der Waals surface area contributed by atoms with E-state index in [1.807, 2.05) is 18.2 Å². The van der Waals surface area contributed by atoms with E-state index in [1.54, 1.807) is 42.5 Å². The molecule has 0 atom stereocenters. The van der Waals surface area contributed by atoms with Crippen LogP contribution in [0.3, 0.4) is 0 Å². The smallest absolute Gasteiger partial charge is 0.425 e. The Labute approximate surface area is 188 Å². The van der Waals surface area contributed by atoms with E-state index in [-0.39, 0.29) is 6.61 Å². The Bertz CT molecular complexity index is 1040. The highest BCUT2D eigenvalue weighted by atomic mass is 32.1. The molecule has 32 heavy (non-hydrogen) atoms. The molecule has 0 unspecified atom stereocenters. The zero-order valence-electron chi connectivity index (χ0n) is 17.3. The van der Waals surface area contributed by atoms with Crippen LogP contribution in [0.5, 0.6) is 5.75 Å². The Morgan fingerprint density at radius 3 is 2.47 bits per heavy atom. The highest BCUT2D eigenvalue weighted by Gasteiger charge is 2.34. The number of methoxy groups -OCH3 is 1. The van der Waals surface area contributed by atoms with Crippen molar-refractivity contribution in [2.45, 2.75) is 19.3 Å². The first-order valence-corrected chi connectivity index (χ1v) is 10.6. The first-order chi connectivity index (χ1) is 15.4. The van der Waals surface area contributed by atoms with Gasteiger partial charge < -0.3 is 14.8 Å². The maximum Gasteiger partial charge on any atom is 0.425 e. The fourth-order valence-corrected chi connectivity index (χ4v) is 3.88. The molecule has 4 nitrogen and oxygen atoms in total. The maximum absolute atomic E-state index is 13.2. The van der Waals surface area contributed by atoms with Crippen molar-refractivity contribution in [3.05, 3.63) is 88.1 Å². The molecule has 168 valence electrons. The Hall–Kier alpha value is -3.10. The summed E-state index contributed by atoms with van der Waals surface area (Å²) in [4.78, 5) is 10.9. The van der Waals surface area contributed by atoms with E-state index in [4.69, 9.17) is 4.74 Å². The van der Waals surface area contributed by atoms with Gasteiger partial charge in [-0.2, -0.15) is 13.2 Å². The molecule has 0 amide bonds. The molecule has 8 heteroatoms. The molecule has 1 N–H and O–H groups in total. The van der Waals surface area contributed by atoms with Crippen molar-refractivity contribution < 1.29 is 27.4 Å². The molecule has 3 rings (SSSR count). The quantitative estimate of drug-likeness (QED) is 0.247. The molecule has 1 aromatic heterocycles. The number of nitrogens with one attached hydrogen (secondary N) is 1. The minimum Gasteiger partial charge on any atom is -0.488 e. The van der Waals surface area contributed by atoms with Crippen LogP contribution in [0, 0.1) is 0 Å². The van der Waals surface area contributed by atoms with Crippen molar-refractivity contribution in [2.75, 3.05) is 13.7 Å². The van der Waals surface area contributed by atoms with Gasteiger partial charge >= 0.3 is 12.1 Å². The summed E-state index contributed by atoms with van der Waals surface area (Å²) in [6.07, 6.45) is -1.38. The summed E-state index contributed by atoms with van der Waals surface area (Å²) in [5.41, 5.74) is 2.26. The molecule has 3 aromatic rings. The van der Waals surface area contributed by atoms with Gasteiger partial charge in [0.1, 0.15) is 17.2 Å². The minimum absolute atomic E-state index is 0.0426. The third kappa shape index (κ3) is 6.70. The molecule has 0 aliphatic rings. The zero-order chi connectivity index (χ0) is 23.0. The first-order valence-electron chi connectivity index (χ1n) is 9.79. The lowest BCUT2D eigenvalue weighted by molar-refractivity contribution is -0.135. The van der Waals surface area contributed by atoms with E-state index in [9.17, 15) is 18.0 Å². The van der Waals surface area contributed by atoms with Crippen molar-refractivity contribution in [1.82, 2.24) is 5.32 Å². The van der Waals surface area contributed by atoms with Gasteiger partial charge in [0.2, 0.25) is 0 Å².